The summed E-state index contributed by atoms with van der Waals surface area (Å²) >= 11 is 6.00. The van der Waals surface area contributed by atoms with Crippen LogP contribution in [-0.4, -0.2) is 19.4 Å². The summed E-state index contributed by atoms with van der Waals surface area (Å²) in [4.78, 5) is 12.4. The summed E-state index contributed by atoms with van der Waals surface area (Å²) in [6.07, 6.45) is 0.397. The molecule has 0 aliphatic heterocycles. The third-order valence-electron chi connectivity index (χ3n) is 3.90. The quantitative estimate of drug-likeness (QED) is 0.628. The molecule has 122 valence electrons. The monoisotopic (exact) mass is 339 g/mol. The molecule has 0 atom stereocenters. The number of nitrogens with one attached hydrogen (secondary N) is 1. The number of hydrogen-bond acceptors (Lipinski definition) is 3. The molecule has 0 unspecified atom stereocenters. The normalized spacial score (nSPS) is 10.6. The van der Waals surface area contributed by atoms with Crippen LogP contribution in [0, 0.1) is 0 Å². The molecule has 0 aliphatic carbocycles. The van der Waals surface area contributed by atoms with Crippen LogP contribution in [0.15, 0.2) is 60.7 Å². The Hall–Kier alpha value is -2.52. The number of carbonyl (C=O) groups is 1. The molecule has 0 saturated carbocycles. The molecule has 0 bridgehead atoms. The van der Waals surface area contributed by atoms with E-state index in [1.807, 2.05) is 42.5 Å². The predicted octanol–water partition coefficient (Wildman–Crippen LogP) is 5.19. The van der Waals surface area contributed by atoms with Gasteiger partial charge in [0.05, 0.1) is 12.8 Å². The van der Waals surface area contributed by atoms with E-state index in [9.17, 15) is 4.79 Å². The van der Waals surface area contributed by atoms with Crippen molar-refractivity contribution in [3.8, 4) is 5.75 Å². The fourth-order valence-electron chi connectivity index (χ4n) is 2.64. The molecule has 0 amide bonds. The molecular formula is C20H18ClNO2. The maximum atomic E-state index is 12.4. The first-order valence-electron chi connectivity index (χ1n) is 7.77. The van der Waals surface area contributed by atoms with E-state index < -0.39 is 0 Å². The SMILES string of the molecule is COc1ccc(Cl)cc1NCCC(=O)c1ccc2ccccc2c1. The molecule has 24 heavy (non-hydrogen) atoms. The summed E-state index contributed by atoms with van der Waals surface area (Å²) in [6.45, 7) is 0.516. The highest BCUT2D eigenvalue weighted by Gasteiger charge is 2.08. The topological polar surface area (TPSA) is 38.3 Å². The minimum atomic E-state index is 0.106. The highest BCUT2D eigenvalue weighted by atomic mass is 35.5. The molecule has 3 aromatic carbocycles. The minimum Gasteiger partial charge on any atom is -0.495 e. The van der Waals surface area contributed by atoms with Crippen molar-refractivity contribution in [1.29, 1.82) is 0 Å². The summed E-state index contributed by atoms with van der Waals surface area (Å²) in [5.74, 6) is 0.812. The molecule has 0 heterocycles. The maximum absolute atomic E-state index is 12.4. The van der Waals surface area contributed by atoms with Crippen LogP contribution >= 0.6 is 11.6 Å². The predicted molar refractivity (Wildman–Crippen MR) is 99.4 cm³/mol. The van der Waals surface area contributed by atoms with E-state index in [4.69, 9.17) is 16.3 Å². The molecule has 0 fully saturated rings. The molecule has 3 rings (SSSR count). The van der Waals surface area contributed by atoms with Gasteiger partial charge in [-0.15, -0.1) is 0 Å². The Morgan fingerprint density at radius 3 is 2.62 bits per heavy atom. The van der Waals surface area contributed by atoms with Crippen molar-refractivity contribution < 1.29 is 9.53 Å². The number of fused-ring (bicyclic) bond motifs is 1. The van der Waals surface area contributed by atoms with Gasteiger partial charge in [0, 0.05) is 23.6 Å². The summed E-state index contributed by atoms with van der Waals surface area (Å²) in [5, 5.41) is 6.05. The first kappa shape index (κ1) is 16.3. The van der Waals surface area contributed by atoms with E-state index >= 15 is 0 Å². The fourth-order valence-corrected chi connectivity index (χ4v) is 2.81. The number of ketones is 1. The molecule has 0 spiro atoms. The van der Waals surface area contributed by atoms with Crippen molar-refractivity contribution in [2.24, 2.45) is 0 Å². The van der Waals surface area contributed by atoms with Crippen LogP contribution in [-0.2, 0) is 0 Å². The van der Waals surface area contributed by atoms with Crippen LogP contribution in [0.3, 0.4) is 0 Å². The Bertz CT molecular complexity index is 876. The maximum Gasteiger partial charge on any atom is 0.164 e. The second-order valence-corrected chi connectivity index (χ2v) is 5.94. The van der Waals surface area contributed by atoms with E-state index in [1.165, 1.54) is 0 Å². The van der Waals surface area contributed by atoms with Gasteiger partial charge in [-0.3, -0.25) is 4.79 Å². The average molecular weight is 340 g/mol. The lowest BCUT2D eigenvalue weighted by Gasteiger charge is -2.11. The zero-order chi connectivity index (χ0) is 16.9. The second-order valence-electron chi connectivity index (χ2n) is 5.51. The van der Waals surface area contributed by atoms with E-state index in [0.29, 0.717) is 23.7 Å². The number of benzene rings is 3. The van der Waals surface area contributed by atoms with E-state index in [-0.39, 0.29) is 5.78 Å². The van der Waals surface area contributed by atoms with E-state index in [0.717, 1.165) is 22.0 Å². The van der Waals surface area contributed by atoms with Crippen LogP contribution in [0.2, 0.25) is 5.02 Å². The molecule has 0 aliphatic rings. The number of Topliss-reactive ketones (excluding diaryl/α,β-unsaturated/α-hetero) is 1. The highest BCUT2D eigenvalue weighted by Crippen LogP contribution is 2.27. The van der Waals surface area contributed by atoms with Crippen molar-refractivity contribution in [3.63, 3.8) is 0 Å². The van der Waals surface area contributed by atoms with E-state index in [2.05, 4.69) is 5.32 Å². The number of halogens is 1. The lowest BCUT2D eigenvalue weighted by molar-refractivity contribution is 0.0986. The molecule has 0 aromatic heterocycles. The largest absolute Gasteiger partial charge is 0.495 e. The third kappa shape index (κ3) is 3.69. The van der Waals surface area contributed by atoms with Gasteiger partial charge in [0.2, 0.25) is 0 Å². The van der Waals surface area contributed by atoms with Crippen molar-refractivity contribution >= 4 is 33.8 Å². The Labute approximate surface area is 146 Å². The van der Waals surface area contributed by atoms with Gasteiger partial charge in [-0.05, 0) is 35.0 Å². The number of hydrogen-bond donors (Lipinski definition) is 1. The lowest BCUT2D eigenvalue weighted by Crippen LogP contribution is -2.09. The molecule has 1 N–H and O–H groups in total. The van der Waals surface area contributed by atoms with Crippen LogP contribution in [0.5, 0.6) is 5.75 Å². The van der Waals surface area contributed by atoms with Gasteiger partial charge >= 0.3 is 0 Å². The van der Waals surface area contributed by atoms with Gasteiger partial charge < -0.3 is 10.1 Å². The zero-order valence-corrected chi connectivity index (χ0v) is 14.1. The second kappa shape index (κ2) is 7.37. The number of methoxy groups -OCH3 is 1. The molecule has 0 saturated heterocycles. The van der Waals surface area contributed by atoms with Gasteiger partial charge in [-0.25, -0.2) is 0 Å². The van der Waals surface area contributed by atoms with Crippen LogP contribution in [0.4, 0.5) is 5.69 Å². The van der Waals surface area contributed by atoms with E-state index in [1.54, 1.807) is 25.3 Å². The Balaban J connectivity index is 1.66. The average Bonchev–Trinajstić information content (AvgIpc) is 2.61. The summed E-state index contributed by atoms with van der Waals surface area (Å²) in [5.41, 5.74) is 1.52. The highest BCUT2D eigenvalue weighted by molar-refractivity contribution is 6.30. The number of anilines is 1. The van der Waals surface area contributed by atoms with Crippen molar-refractivity contribution in [2.75, 3.05) is 19.0 Å². The first-order valence-corrected chi connectivity index (χ1v) is 8.14. The van der Waals surface area contributed by atoms with Gasteiger partial charge in [0.15, 0.2) is 5.78 Å². The Kier molecular flexibility index (Phi) is 5.02. The van der Waals surface area contributed by atoms with Crippen molar-refractivity contribution in [3.05, 3.63) is 71.2 Å². The number of ether oxygens (including phenoxy) is 1. The van der Waals surface area contributed by atoms with Crippen molar-refractivity contribution in [2.45, 2.75) is 6.42 Å². The third-order valence-corrected chi connectivity index (χ3v) is 4.14. The summed E-state index contributed by atoms with van der Waals surface area (Å²) in [6, 6.07) is 19.2. The van der Waals surface area contributed by atoms with Gasteiger partial charge in [0.1, 0.15) is 5.75 Å². The van der Waals surface area contributed by atoms with Crippen LogP contribution in [0.1, 0.15) is 16.8 Å². The minimum absolute atomic E-state index is 0.106. The number of carbonyl (C=O) groups excluding carboxylic acids is 1. The smallest absolute Gasteiger partial charge is 0.164 e. The molecule has 4 heteroatoms. The first-order chi connectivity index (χ1) is 11.7. The summed E-state index contributed by atoms with van der Waals surface area (Å²) < 4.78 is 5.28. The molecule has 3 nitrogen and oxygen atoms in total. The molecular weight excluding hydrogens is 322 g/mol. The Morgan fingerprint density at radius 2 is 1.83 bits per heavy atom. The Morgan fingerprint density at radius 1 is 1.04 bits per heavy atom. The van der Waals surface area contributed by atoms with Gasteiger partial charge in [-0.2, -0.15) is 0 Å². The standard InChI is InChI=1S/C20H18ClNO2/c1-24-20-9-8-17(21)13-18(20)22-11-10-19(23)16-7-6-14-4-2-3-5-15(14)12-16/h2-9,12-13,22H,10-11H2,1H3. The van der Waals surface area contributed by atoms with Crippen LogP contribution < -0.4 is 10.1 Å². The molecule has 3 aromatic rings. The summed E-state index contributed by atoms with van der Waals surface area (Å²) in [7, 11) is 1.61. The zero-order valence-electron chi connectivity index (χ0n) is 13.4. The number of rotatable bonds is 6. The van der Waals surface area contributed by atoms with Gasteiger partial charge in [0.25, 0.3) is 0 Å². The van der Waals surface area contributed by atoms with Crippen LogP contribution in [0.25, 0.3) is 10.8 Å². The van der Waals surface area contributed by atoms with Crippen molar-refractivity contribution in [1.82, 2.24) is 0 Å². The van der Waals surface area contributed by atoms with Gasteiger partial charge in [-0.1, -0.05) is 48.0 Å². The fraction of sp³-hybridized carbons (Fsp3) is 0.150. The molecule has 0 radical (unpaired) electrons. The lowest BCUT2D eigenvalue weighted by atomic mass is 10.0.